The second kappa shape index (κ2) is 10.00. The summed E-state index contributed by atoms with van der Waals surface area (Å²) in [6.07, 6.45) is 2.50. The molecule has 0 aliphatic carbocycles. The van der Waals surface area contributed by atoms with Crippen molar-refractivity contribution in [3.05, 3.63) is 21.9 Å². The lowest BCUT2D eigenvalue weighted by molar-refractivity contribution is 0.237. The minimum absolute atomic E-state index is 0.0694. The minimum Gasteiger partial charge on any atom is -0.384 e. The van der Waals surface area contributed by atoms with E-state index in [4.69, 9.17) is 5.11 Å². The van der Waals surface area contributed by atoms with Gasteiger partial charge in [0.2, 0.25) is 0 Å². The molecule has 1 aromatic heterocycles. The van der Waals surface area contributed by atoms with Gasteiger partial charge in [-0.2, -0.15) is 0 Å². The summed E-state index contributed by atoms with van der Waals surface area (Å²) in [6.45, 7) is 12.4. The van der Waals surface area contributed by atoms with Crippen LogP contribution in [0, 0.1) is 23.7 Å². The van der Waals surface area contributed by atoms with Gasteiger partial charge in [0.15, 0.2) is 0 Å². The van der Waals surface area contributed by atoms with Crippen molar-refractivity contribution < 1.29 is 5.11 Å². The van der Waals surface area contributed by atoms with E-state index in [0.717, 1.165) is 23.9 Å². The van der Waals surface area contributed by atoms with E-state index in [0.29, 0.717) is 0 Å². The Kier molecular flexibility index (Phi) is 8.68. The lowest BCUT2D eigenvalue weighted by Crippen LogP contribution is -2.27. The third-order valence-corrected chi connectivity index (χ3v) is 4.31. The van der Waals surface area contributed by atoms with Gasteiger partial charge in [0, 0.05) is 22.4 Å². The highest BCUT2D eigenvalue weighted by Crippen LogP contribution is 2.18. The van der Waals surface area contributed by atoms with E-state index in [1.54, 1.807) is 11.3 Å². The highest BCUT2D eigenvalue weighted by atomic mass is 32.1. The molecule has 0 spiro atoms. The summed E-state index contributed by atoms with van der Waals surface area (Å²) < 4.78 is 0. The Bertz CT molecular complexity index is 441. The second-order valence-electron chi connectivity index (χ2n) is 6.40. The van der Waals surface area contributed by atoms with Crippen LogP contribution in [0.15, 0.2) is 11.4 Å². The van der Waals surface area contributed by atoms with Crippen LogP contribution in [0.5, 0.6) is 0 Å². The van der Waals surface area contributed by atoms with Gasteiger partial charge in [-0.15, -0.1) is 11.3 Å². The first-order valence-electron chi connectivity index (χ1n) is 7.90. The van der Waals surface area contributed by atoms with Gasteiger partial charge in [-0.1, -0.05) is 39.5 Å². The molecule has 1 aromatic rings. The molecule has 21 heavy (non-hydrogen) atoms. The maximum Gasteiger partial charge on any atom is 0.104 e. The van der Waals surface area contributed by atoms with E-state index < -0.39 is 0 Å². The Morgan fingerprint density at radius 3 is 2.29 bits per heavy atom. The fourth-order valence-electron chi connectivity index (χ4n) is 2.04. The van der Waals surface area contributed by atoms with Crippen LogP contribution in [-0.4, -0.2) is 29.7 Å². The predicted molar refractivity (Wildman–Crippen MR) is 92.5 cm³/mol. The largest absolute Gasteiger partial charge is 0.384 e. The van der Waals surface area contributed by atoms with Crippen LogP contribution in [0.1, 0.15) is 51.0 Å². The van der Waals surface area contributed by atoms with Crippen molar-refractivity contribution in [3.63, 3.8) is 0 Å². The number of aliphatic hydroxyl groups excluding tert-OH is 1. The van der Waals surface area contributed by atoms with Crippen LogP contribution in [0.2, 0.25) is 0 Å². The van der Waals surface area contributed by atoms with Crippen molar-refractivity contribution in [2.24, 2.45) is 11.8 Å². The maximum atomic E-state index is 8.75. The molecule has 0 bridgehead atoms. The number of hydrogen-bond donors (Lipinski definition) is 1. The summed E-state index contributed by atoms with van der Waals surface area (Å²) in [5.74, 6) is 7.19. The molecule has 0 unspecified atom stereocenters. The molecule has 0 fully saturated rings. The summed E-state index contributed by atoms with van der Waals surface area (Å²) in [6, 6.07) is 2.16. The molecule has 118 valence electrons. The Morgan fingerprint density at radius 1 is 1.14 bits per heavy atom. The van der Waals surface area contributed by atoms with Gasteiger partial charge in [0.05, 0.1) is 0 Å². The number of thiophene rings is 1. The van der Waals surface area contributed by atoms with E-state index >= 15 is 0 Å². The lowest BCUT2D eigenvalue weighted by Gasteiger charge is -2.23. The first kappa shape index (κ1) is 18.2. The van der Waals surface area contributed by atoms with E-state index in [1.807, 2.05) is 0 Å². The number of rotatable bonds is 8. The van der Waals surface area contributed by atoms with Gasteiger partial charge in [0.1, 0.15) is 6.61 Å². The summed E-state index contributed by atoms with van der Waals surface area (Å²) in [4.78, 5) is 3.93. The average Bonchev–Trinajstić information content (AvgIpc) is 2.86. The molecular weight excluding hydrogens is 278 g/mol. The number of aliphatic hydroxyl groups is 1. The molecule has 0 aromatic carbocycles. The van der Waals surface area contributed by atoms with Crippen LogP contribution < -0.4 is 0 Å². The summed E-state index contributed by atoms with van der Waals surface area (Å²) in [5, 5.41) is 10.8. The third kappa shape index (κ3) is 8.26. The molecular formula is C18H29NOS. The first-order chi connectivity index (χ1) is 10.0. The van der Waals surface area contributed by atoms with Crippen LogP contribution >= 0.6 is 11.3 Å². The SMILES string of the molecule is CC(C)CCN(CCC(C)C)Cc1cc(C#CCO)cs1. The van der Waals surface area contributed by atoms with Crippen molar-refractivity contribution >= 4 is 11.3 Å². The molecule has 3 heteroatoms. The number of nitrogens with zero attached hydrogens (tertiary/aromatic N) is 1. The Labute approximate surface area is 134 Å². The minimum atomic E-state index is -0.0694. The zero-order chi connectivity index (χ0) is 15.7. The molecule has 1 rings (SSSR count). The highest BCUT2D eigenvalue weighted by molar-refractivity contribution is 7.10. The molecule has 0 amide bonds. The normalized spacial score (nSPS) is 11.2. The van der Waals surface area contributed by atoms with Crippen molar-refractivity contribution in [2.75, 3.05) is 19.7 Å². The van der Waals surface area contributed by atoms with Crippen LogP contribution in [0.4, 0.5) is 0 Å². The van der Waals surface area contributed by atoms with Gasteiger partial charge in [-0.25, -0.2) is 0 Å². The van der Waals surface area contributed by atoms with Crippen molar-refractivity contribution in [1.29, 1.82) is 0 Å². The van der Waals surface area contributed by atoms with Gasteiger partial charge in [-0.3, -0.25) is 4.90 Å². The fourth-order valence-corrected chi connectivity index (χ4v) is 2.90. The summed E-state index contributed by atoms with van der Waals surface area (Å²) in [5.41, 5.74) is 1.02. The molecule has 0 aliphatic rings. The Balaban J connectivity index is 2.59. The van der Waals surface area contributed by atoms with Crippen LogP contribution in [-0.2, 0) is 6.54 Å². The van der Waals surface area contributed by atoms with Crippen LogP contribution in [0.3, 0.4) is 0 Å². The zero-order valence-corrected chi connectivity index (χ0v) is 14.7. The molecule has 1 heterocycles. The first-order valence-corrected chi connectivity index (χ1v) is 8.78. The third-order valence-electron chi connectivity index (χ3n) is 3.39. The maximum absolute atomic E-state index is 8.75. The molecule has 0 atom stereocenters. The van der Waals surface area contributed by atoms with Gasteiger partial charge >= 0.3 is 0 Å². The molecule has 0 aliphatic heterocycles. The van der Waals surface area contributed by atoms with Gasteiger partial charge < -0.3 is 5.11 Å². The van der Waals surface area contributed by atoms with Crippen molar-refractivity contribution in [3.8, 4) is 11.8 Å². The smallest absolute Gasteiger partial charge is 0.104 e. The molecule has 0 saturated heterocycles. The molecule has 0 saturated carbocycles. The fraction of sp³-hybridized carbons (Fsp3) is 0.667. The standard InChI is InChI=1S/C18H29NOS/c1-15(2)7-9-19(10-8-16(3)4)13-18-12-17(14-21-18)6-5-11-20/h12,14-16,20H,7-11,13H2,1-4H3. The highest BCUT2D eigenvalue weighted by Gasteiger charge is 2.09. The Hall–Kier alpha value is -0.820. The summed E-state index contributed by atoms with van der Waals surface area (Å²) in [7, 11) is 0. The van der Waals surface area contributed by atoms with Crippen molar-refractivity contribution in [1.82, 2.24) is 4.90 Å². The topological polar surface area (TPSA) is 23.5 Å². The molecule has 0 radical (unpaired) electrons. The predicted octanol–water partition coefficient (Wildman–Crippen LogP) is 3.99. The zero-order valence-electron chi connectivity index (χ0n) is 13.9. The average molecular weight is 308 g/mol. The van der Waals surface area contributed by atoms with Crippen molar-refractivity contribution in [2.45, 2.75) is 47.1 Å². The van der Waals surface area contributed by atoms with Crippen LogP contribution in [0.25, 0.3) is 0 Å². The number of hydrogen-bond acceptors (Lipinski definition) is 3. The quantitative estimate of drug-likeness (QED) is 0.734. The molecule has 2 nitrogen and oxygen atoms in total. The Morgan fingerprint density at radius 2 is 1.76 bits per heavy atom. The van der Waals surface area contributed by atoms with E-state index in [2.05, 4.69) is 55.9 Å². The van der Waals surface area contributed by atoms with Gasteiger partial charge in [0.25, 0.3) is 0 Å². The second-order valence-corrected chi connectivity index (χ2v) is 7.40. The summed E-state index contributed by atoms with van der Waals surface area (Å²) >= 11 is 1.77. The molecule has 1 N–H and O–H groups in total. The monoisotopic (exact) mass is 307 g/mol. The lowest BCUT2D eigenvalue weighted by atomic mass is 10.1. The van der Waals surface area contributed by atoms with E-state index in [-0.39, 0.29) is 6.61 Å². The van der Waals surface area contributed by atoms with E-state index in [1.165, 1.54) is 30.8 Å². The van der Waals surface area contributed by atoms with Gasteiger partial charge in [-0.05, 0) is 43.8 Å². The van der Waals surface area contributed by atoms with E-state index in [9.17, 15) is 0 Å².